The lowest BCUT2D eigenvalue weighted by atomic mass is 10.2. The van der Waals surface area contributed by atoms with Crippen LogP contribution in [0.1, 0.15) is 11.4 Å². The SMILES string of the molecule is C=CC(O)Nc1cc(Nc2nccc(-n3ccc4c(-n5c(C)ccc5C)cc(Br)cc43)n2)c(OC)cc1N(C)CCN(C)C. The summed E-state index contributed by atoms with van der Waals surface area (Å²) >= 11 is 3.72. The van der Waals surface area contributed by atoms with Gasteiger partial charge in [0.15, 0.2) is 0 Å². The summed E-state index contributed by atoms with van der Waals surface area (Å²) in [4.78, 5) is 13.6. The van der Waals surface area contributed by atoms with Crippen molar-refractivity contribution in [3.8, 4) is 17.3 Å². The standard InChI is InChI=1S/C33H39BrN8O2/c1-8-32(43)36-25-19-26(30(44-7)20-29(25)40(6)16-15-39(4)5)37-33-35-13-11-31(38-33)41-14-12-24-27(41)17-23(34)18-28(24)42-21(2)9-10-22(42)3/h8-14,17-20,32,36,43H,1,15-16H2,2-7H3,(H,35,37,38). The van der Waals surface area contributed by atoms with Crippen LogP contribution in [0.15, 0.2) is 78.1 Å². The Morgan fingerprint density at radius 1 is 1.05 bits per heavy atom. The molecule has 0 aliphatic heterocycles. The molecule has 230 valence electrons. The number of benzene rings is 2. The third-order valence-corrected chi connectivity index (χ3v) is 7.99. The van der Waals surface area contributed by atoms with Crippen LogP contribution >= 0.6 is 15.9 Å². The summed E-state index contributed by atoms with van der Waals surface area (Å²) in [5.74, 6) is 1.72. The van der Waals surface area contributed by atoms with Crippen LogP contribution in [-0.4, -0.2) is 76.7 Å². The van der Waals surface area contributed by atoms with Gasteiger partial charge in [-0.05, 0) is 76.5 Å². The molecule has 3 aromatic heterocycles. The number of rotatable bonds is 12. The molecule has 44 heavy (non-hydrogen) atoms. The summed E-state index contributed by atoms with van der Waals surface area (Å²) in [6, 6.07) is 16.3. The van der Waals surface area contributed by atoms with Crippen LogP contribution in [0.25, 0.3) is 22.4 Å². The molecule has 0 aliphatic rings. The maximum atomic E-state index is 10.4. The van der Waals surface area contributed by atoms with Gasteiger partial charge in [0.05, 0.1) is 35.4 Å². The van der Waals surface area contributed by atoms with Crippen LogP contribution in [0, 0.1) is 13.8 Å². The van der Waals surface area contributed by atoms with Crippen molar-refractivity contribution < 1.29 is 9.84 Å². The van der Waals surface area contributed by atoms with Crippen LogP contribution in [0.5, 0.6) is 5.75 Å². The molecule has 0 spiro atoms. The van der Waals surface area contributed by atoms with Crippen molar-refractivity contribution in [1.29, 1.82) is 0 Å². The maximum absolute atomic E-state index is 10.4. The highest BCUT2D eigenvalue weighted by molar-refractivity contribution is 9.10. The van der Waals surface area contributed by atoms with Gasteiger partial charge in [0.25, 0.3) is 0 Å². The van der Waals surface area contributed by atoms with Gasteiger partial charge in [-0.15, -0.1) is 0 Å². The largest absolute Gasteiger partial charge is 0.494 e. The minimum Gasteiger partial charge on any atom is -0.494 e. The fourth-order valence-corrected chi connectivity index (χ4v) is 5.68. The molecule has 10 nitrogen and oxygen atoms in total. The molecule has 0 radical (unpaired) electrons. The predicted octanol–water partition coefficient (Wildman–Crippen LogP) is 6.26. The monoisotopic (exact) mass is 658 g/mol. The molecule has 2 aromatic carbocycles. The Bertz CT molecular complexity index is 1770. The first-order valence-corrected chi connectivity index (χ1v) is 15.1. The number of methoxy groups -OCH3 is 1. The quantitative estimate of drug-likeness (QED) is 0.107. The molecule has 0 fully saturated rings. The molecular weight excluding hydrogens is 620 g/mol. The molecule has 0 bridgehead atoms. The number of halogens is 1. The Kier molecular flexibility index (Phi) is 9.28. The average Bonchev–Trinajstić information content (AvgIpc) is 3.57. The van der Waals surface area contributed by atoms with Crippen molar-refractivity contribution in [1.82, 2.24) is 24.0 Å². The zero-order chi connectivity index (χ0) is 31.5. The van der Waals surface area contributed by atoms with Gasteiger partial charge >= 0.3 is 0 Å². The van der Waals surface area contributed by atoms with Crippen molar-refractivity contribution in [2.24, 2.45) is 0 Å². The van der Waals surface area contributed by atoms with Crippen LogP contribution in [-0.2, 0) is 0 Å². The van der Waals surface area contributed by atoms with Crippen LogP contribution in [0.3, 0.4) is 0 Å². The minimum absolute atomic E-state index is 0.402. The van der Waals surface area contributed by atoms with Gasteiger partial charge in [0, 0.05) is 59.8 Å². The highest BCUT2D eigenvalue weighted by Gasteiger charge is 2.18. The lowest BCUT2D eigenvalue weighted by molar-refractivity contribution is 0.253. The molecule has 5 rings (SSSR count). The molecule has 0 saturated carbocycles. The number of aromatic nitrogens is 4. The Morgan fingerprint density at radius 2 is 1.80 bits per heavy atom. The summed E-state index contributed by atoms with van der Waals surface area (Å²) in [6.45, 7) is 9.57. The summed E-state index contributed by atoms with van der Waals surface area (Å²) in [5.41, 5.74) is 6.68. The van der Waals surface area contributed by atoms with E-state index in [-0.39, 0.29) is 0 Å². The molecule has 1 atom stereocenters. The van der Waals surface area contributed by atoms with Crippen LogP contribution < -0.4 is 20.3 Å². The molecule has 0 aliphatic carbocycles. The first-order valence-electron chi connectivity index (χ1n) is 14.3. The number of aryl methyl sites for hydroxylation is 2. The van der Waals surface area contributed by atoms with E-state index in [0.717, 1.165) is 39.8 Å². The van der Waals surface area contributed by atoms with E-state index >= 15 is 0 Å². The average molecular weight is 660 g/mol. The topological polar surface area (TPSA) is 95.6 Å². The van der Waals surface area contributed by atoms with Crippen molar-refractivity contribution >= 4 is 49.8 Å². The van der Waals surface area contributed by atoms with Crippen LogP contribution in [0.4, 0.5) is 23.0 Å². The van der Waals surface area contributed by atoms with Gasteiger partial charge in [-0.2, -0.15) is 4.98 Å². The number of anilines is 4. The number of ether oxygens (including phenoxy) is 1. The molecule has 3 N–H and O–H groups in total. The Balaban J connectivity index is 1.52. The van der Waals surface area contributed by atoms with Crippen molar-refractivity contribution in [2.75, 3.05) is 56.9 Å². The lowest BCUT2D eigenvalue weighted by Crippen LogP contribution is -2.29. The molecule has 0 saturated heterocycles. The second-order valence-electron chi connectivity index (χ2n) is 11.0. The number of aliphatic hydroxyl groups is 1. The fraction of sp³-hybridized carbons (Fsp3) is 0.273. The van der Waals surface area contributed by atoms with E-state index in [1.807, 2.05) is 45.5 Å². The first kappa shape index (κ1) is 31.1. The second kappa shape index (κ2) is 13.1. The first-order chi connectivity index (χ1) is 21.1. The number of aliphatic hydroxyl groups excluding tert-OH is 1. The molecule has 0 amide bonds. The number of hydrogen-bond acceptors (Lipinski definition) is 8. The van der Waals surface area contributed by atoms with E-state index in [1.165, 1.54) is 17.5 Å². The highest BCUT2D eigenvalue weighted by atomic mass is 79.9. The number of hydrogen-bond donors (Lipinski definition) is 3. The Morgan fingerprint density at radius 3 is 2.48 bits per heavy atom. The Labute approximate surface area is 266 Å². The zero-order valence-corrected chi connectivity index (χ0v) is 27.6. The highest BCUT2D eigenvalue weighted by Crippen LogP contribution is 2.38. The van der Waals surface area contributed by atoms with Crippen molar-refractivity contribution in [3.63, 3.8) is 0 Å². The molecule has 5 aromatic rings. The minimum atomic E-state index is -0.929. The summed E-state index contributed by atoms with van der Waals surface area (Å²) in [5, 5.41) is 17.9. The van der Waals surface area contributed by atoms with Gasteiger partial charge in [-0.3, -0.25) is 0 Å². The summed E-state index contributed by atoms with van der Waals surface area (Å²) in [7, 11) is 7.71. The molecule has 1 unspecified atom stereocenters. The number of nitrogens with zero attached hydrogens (tertiary/aromatic N) is 6. The maximum Gasteiger partial charge on any atom is 0.229 e. The molecular formula is C33H39BrN8O2. The van der Waals surface area contributed by atoms with E-state index in [9.17, 15) is 5.11 Å². The number of likely N-dealkylation sites (N-methyl/N-ethyl adjacent to an activating group) is 2. The molecule has 11 heteroatoms. The predicted molar refractivity (Wildman–Crippen MR) is 183 cm³/mol. The van der Waals surface area contributed by atoms with Gasteiger partial charge in [0.1, 0.15) is 17.8 Å². The van der Waals surface area contributed by atoms with Gasteiger partial charge in [0.2, 0.25) is 5.95 Å². The Hall–Kier alpha value is -4.32. The lowest BCUT2D eigenvalue weighted by Gasteiger charge is -2.27. The van der Waals surface area contributed by atoms with Crippen LogP contribution in [0.2, 0.25) is 0 Å². The van der Waals surface area contributed by atoms with Gasteiger partial charge in [-0.1, -0.05) is 22.5 Å². The second-order valence-corrected chi connectivity index (χ2v) is 11.9. The molecule has 3 heterocycles. The third-order valence-electron chi connectivity index (χ3n) is 7.54. The van der Waals surface area contributed by atoms with Crippen molar-refractivity contribution in [2.45, 2.75) is 20.1 Å². The van der Waals surface area contributed by atoms with E-state index in [1.54, 1.807) is 13.3 Å². The normalized spacial score (nSPS) is 12.0. The van der Waals surface area contributed by atoms with Crippen molar-refractivity contribution in [3.05, 3.63) is 89.4 Å². The fourth-order valence-electron chi connectivity index (χ4n) is 5.24. The third kappa shape index (κ3) is 6.45. The number of fused-ring (bicyclic) bond motifs is 1. The smallest absolute Gasteiger partial charge is 0.229 e. The zero-order valence-electron chi connectivity index (χ0n) is 26.0. The summed E-state index contributed by atoms with van der Waals surface area (Å²) < 4.78 is 11.1. The van der Waals surface area contributed by atoms with E-state index in [0.29, 0.717) is 28.9 Å². The van der Waals surface area contributed by atoms with Gasteiger partial charge < -0.3 is 39.4 Å². The van der Waals surface area contributed by atoms with Gasteiger partial charge in [-0.25, -0.2) is 4.98 Å². The van der Waals surface area contributed by atoms with E-state index in [2.05, 4.69) is 101 Å². The number of nitrogens with one attached hydrogen (secondary N) is 2. The van der Waals surface area contributed by atoms with E-state index < -0.39 is 6.23 Å². The summed E-state index contributed by atoms with van der Waals surface area (Å²) in [6.07, 6.45) is 4.27. The van der Waals surface area contributed by atoms with E-state index in [4.69, 9.17) is 9.72 Å².